The van der Waals surface area contributed by atoms with Gasteiger partial charge in [-0.15, -0.1) is 0 Å². The molecule has 0 bridgehead atoms. The highest BCUT2D eigenvalue weighted by Gasteiger charge is 2.25. The van der Waals surface area contributed by atoms with Gasteiger partial charge < -0.3 is 9.73 Å². The van der Waals surface area contributed by atoms with Crippen molar-refractivity contribution in [1.29, 1.82) is 5.26 Å². The molecule has 0 atom stereocenters. The van der Waals surface area contributed by atoms with Crippen molar-refractivity contribution in [1.82, 2.24) is 9.78 Å². The van der Waals surface area contributed by atoms with E-state index < -0.39 is 0 Å². The normalized spacial score (nSPS) is 12.7. The first kappa shape index (κ1) is 11.8. The molecule has 0 saturated heterocycles. The van der Waals surface area contributed by atoms with E-state index in [1.54, 1.807) is 17.0 Å². The predicted octanol–water partition coefficient (Wildman–Crippen LogP) is 2.97. The van der Waals surface area contributed by atoms with Gasteiger partial charge in [-0.05, 0) is 30.7 Å². The smallest absolute Gasteiger partial charge is 0.154 e. The first-order valence-electron chi connectivity index (χ1n) is 6.77. The number of benzene rings is 1. The van der Waals surface area contributed by atoms with Crippen LogP contribution in [0, 0.1) is 11.3 Å². The van der Waals surface area contributed by atoms with E-state index in [0.717, 1.165) is 41.5 Å². The van der Waals surface area contributed by atoms with Crippen molar-refractivity contribution >= 4 is 5.82 Å². The third-order valence-electron chi connectivity index (χ3n) is 3.66. The van der Waals surface area contributed by atoms with E-state index in [2.05, 4.69) is 16.5 Å². The van der Waals surface area contributed by atoms with Gasteiger partial charge in [0.2, 0.25) is 0 Å². The number of aromatic nitrogens is 2. The maximum atomic E-state index is 9.29. The van der Waals surface area contributed by atoms with Crippen molar-refractivity contribution in [2.75, 3.05) is 11.9 Å². The summed E-state index contributed by atoms with van der Waals surface area (Å²) in [6, 6.07) is 13.4. The lowest BCUT2D eigenvalue weighted by molar-refractivity contribution is 0.578. The fourth-order valence-electron chi connectivity index (χ4n) is 2.71. The number of rotatable bonds is 2. The van der Waals surface area contributed by atoms with Crippen LogP contribution in [0.25, 0.3) is 17.1 Å². The van der Waals surface area contributed by atoms with Gasteiger partial charge in [0.05, 0.1) is 17.5 Å². The van der Waals surface area contributed by atoms with Crippen LogP contribution in [0.3, 0.4) is 0 Å². The molecule has 102 valence electrons. The van der Waals surface area contributed by atoms with Crippen molar-refractivity contribution in [2.45, 2.75) is 6.42 Å². The molecule has 5 nitrogen and oxygen atoms in total. The van der Waals surface area contributed by atoms with Crippen molar-refractivity contribution in [3.63, 3.8) is 0 Å². The lowest BCUT2D eigenvalue weighted by Crippen LogP contribution is -2.05. The molecule has 0 radical (unpaired) electrons. The summed E-state index contributed by atoms with van der Waals surface area (Å²) in [5, 5.41) is 17.3. The van der Waals surface area contributed by atoms with Crippen LogP contribution in [0.5, 0.6) is 0 Å². The summed E-state index contributed by atoms with van der Waals surface area (Å²) >= 11 is 0. The zero-order valence-electron chi connectivity index (χ0n) is 11.2. The molecule has 2 aromatic heterocycles. The van der Waals surface area contributed by atoms with Gasteiger partial charge in [0.1, 0.15) is 17.6 Å². The summed E-state index contributed by atoms with van der Waals surface area (Å²) < 4.78 is 7.29. The molecule has 0 amide bonds. The largest absolute Gasteiger partial charge is 0.463 e. The standard InChI is InChI=1S/C16H12N4O/c17-10-11-4-1-2-5-13(11)20-16-12(7-8-18-16)15(19-20)14-6-3-9-21-14/h1-6,9,18H,7-8H2. The third-order valence-corrected chi connectivity index (χ3v) is 3.66. The molecule has 0 saturated carbocycles. The molecule has 1 aromatic carbocycles. The van der Waals surface area contributed by atoms with Gasteiger partial charge >= 0.3 is 0 Å². The lowest BCUT2D eigenvalue weighted by Gasteiger charge is -2.07. The van der Waals surface area contributed by atoms with Gasteiger partial charge in [-0.1, -0.05) is 12.1 Å². The van der Waals surface area contributed by atoms with Crippen molar-refractivity contribution in [3.05, 3.63) is 53.8 Å². The Morgan fingerprint density at radius 2 is 2.14 bits per heavy atom. The Kier molecular flexibility index (Phi) is 2.54. The zero-order valence-corrected chi connectivity index (χ0v) is 11.2. The Bertz CT molecular complexity index is 840. The average molecular weight is 276 g/mol. The van der Waals surface area contributed by atoms with Crippen molar-refractivity contribution in [2.24, 2.45) is 0 Å². The molecule has 0 spiro atoms. The zero-order chi connectivity index (χ0) is 14.2. The molecule has 0 fully saturated rings. The minimum Gasteiger partial charge on any atom is -0.463 e. The number of furan rings is 1. The summed E-state index contributed by atoms with van der Waals surface area (Å²) in [7, 11) is 0. The molecular formula is C16H12N4O. The second-order valence-electron chi connectivity index (χ2n) is 4.87. The van der Waals surface area contributed by atoms with Gasteiger partial charge in [-0.25, -0.2) is 4.68 Å². The van der Waals surface area contributed by atoms with Crippen LogP contribution in [0.4, 0.5) is 5.82 Å². The number of fused-ring (bicyclic) bond motifs is 1. The van der Waals surface area contributed by atoms with E-state index in [-0.39, 0.29) is 0 Å². The van der Waals surface area contributed by atoms with Crippen LogP contribution >= 0.6 is 0 Å². The minimum atomic E-state index is 0.600. The van der Waals surface area contributed by atoms with E-state index in [4.69, 9.17) is 4.42 Å². The Balaban J connectivity index is 1.95. The fourth-order valence-corrected chi connectivity index (χ4v) is 2.71. The molecule has 0 unspecified atom stereocenters. The van der Waals surface area contributed by atoms with Crippen LogP contribution in [0.1, 0.15) is 11.1 Å². The average Bonchev–Trinajstić information content (AvgIpc) is 3.24. The summed E-state index contributed by atoms with van der Waals surface area (Å²) in [5.74, 6) is 1.70. The molecule has 5 heteroatoms. The predicted molar refractivity (Wildman–Crippen MR) is 78.2 cm³/mol. The van der Waals surface area contributed by atoms with Gasteiger partial charge in [0, 0.05) is 12.1 Å². The van der Waals surface area contributed by atoms with Crippen LogP contribution in [0.2, 0.25) is 0 Å². The van der Waals surface area contributed by atoms with E-state index in [1.807, 2.05) is 30.3 Å². The molecule has 3 aromatic rings. The quantitative estimate of drug-likeness (QED) is 0.781. The highest BCUT2D eigenvalue weighted by molar-refractivity contribution is 5.70. The summed E-state index contributed by atoms with van der Waals surface area (Å²) in [4.78, 5) is 0. The molecule has 1 aliphatic heterocycles. The topological polar surface area (TPSA) is 66.8 Å². The second-order valence-corrected chi connectivity index (χ2v) is 4.87. The fraction of sp³-hybridized carbons (Fsp3) is 0.125. The second kappa shape index (κ2) is 4.53. The number of hydrogen-bond donors (Lipinski definition) is 1. The van der Waals surface area contributed by atoms with Gasteiger partial charge in [0.25, 0.3) is 0 Å². The van der Waals surface area contributed by atoms with E-state index in [0.29, 0.717) is 5.56 Å². The van der Waals surface area contributed by atoms with E-state index in [1.165, 1.54) is 0 Å². The number of nitrogens with zero attached hydrogens (tertiary/aromatic N) is 3. The molecule has 4 rings (SSSR count). The Morgan fingerprint density at radius 1 is 1.24 bits per heavy atom. The first-order chi connectivity index (χ1) is 10.4. The van der Waals surface area contributed by atoms with Crippen LogP contribution in [0.15, 0.2) is 47.1 Å². The lowest BCUT2D eigenvalue weighted by atomic mass is 10.1. The molecule has 21 heavy (non-hydrogen) atoms. The maximum Gasteiger partial charge on any atom is 0.154 e. The number of nitriles is 1. The summed E-state index contributed by atoms with van der Waals surface area (Å²) in [6.45, 7) is 0.871. The molecular weight excluding hydrogens is 264 g/mol. The summed E-state index contributed by atoms with van der Waals surface area (Å²) in [5.41, 5.74) is 3.36. The van der Waals surface area contributed by atoms with E-state index >= 15 is 0 Å². The van der Waals surface area contributed by atoms with Gasteiger partial charge in [-0.2, -0.15) is 10.4 Å². The Morgan fingerprint density at radius 3 is 2.95 bits per heavy atom. The molecule has 1 N–H and O–H groups in total. The number of nitrogens with one attached hydrogen (secondary N) is 1. The van der Waals surface area contributed by atoms with Crippen LogP contribution in [-0.2, 0) is 6.42 Å². The van der Waals surface area contributed by atoms with Crippen LogP contribution in [-0.4, -0.2) is 16.3 Å². The molecule has 1 aliphatic rings. The number of hydrogen-bond acceptors (Lipinski definition) is 4. The molecule has 3 heterocycles. The SMILES string of the molecule is N#Cc1ccccc1-n1nc(-c2ccco2)c2c1NCC2. The Hall–Kier alpha value is -3.00. The highest BCUT2D eigenvalue weighted by Crippen LogP contribution is 2.35. The van der Waals surface area contributed by atoms with E-state index in [9.17, 15) is 5.26 Å². The monoisotopic (exact) mass is 276 g/mol. The molecule has 0 aliphatic carbocycles. The minimum absolute atomic E-state index is 0.600. The highest BCUT2D eigenvalue weighted by atomic mass is 16.3. The number of para-hydroxylation sites is 1. The first-order valence-corrected chi connectivity index (χ1v) is 6.77. The summed E-state index contributed by atoms with van der Waals surface area (Å²) in [6.07, 6.45) is 2.55. The Labute approximate surface area is 121 Å². The van der Waals surface area contributed by atoms with Crippen molar-refractivity contribution in [3.8, 4) is 23.2 Å². The number of anilines is 1. The van der Waals surface area contributed by atoms with Crippen LogP contribution < -0.4 is 5.32 Å². The maximum absolute atomic E-state index is 9.29. The van der Waals surface area contributed by atoms with Gasteiger partial charge in [0.15, 0.2) is 5.76 Å². The third kappa shape index (κ3) is 1.73. The van der Waals surface area contributed by atoms with Gasteiger partial charge in [-0.3, -0.25) is 0 Å². The van der Waals surface area contributed by atoms with Crippen molar-refractivity contribution < 1.29 is 4.42 Å².